The van der Waals surface area contributed by atoms with E-state index in [1.54, 1.807) is 45.1 Å². The molecule has 150 valence electrons. The highest BCUT2D eigenvalue weighted by Gasteiger charge is 2.49. The Hall–Kier alpha value is -2.70. The molecule has 4 heterocycles. The zero-order valence-corrected chi connectivity index (χ0v) is 17.6. The smallest absolute Gasteiger partial charge is 0.276 e. The van der Waals surface area contributed by atoms with Crippen LogP contribution in [0.25, 0.3) is 6.08 Å². The number of nitrogens with one attached hydrogen (secondary N) is 1. The minimum atomic E-state index is -0.631. The van der Waals surface area contributed by atoms with Gasteiger partial charge in [0.2, 0.25) is 0 Å². The number of fused-ring (bicyclic) bond motifs is 1. The lowest BCUT2D eigenvalue weighted by molar-refractivity contribution is -0.143. The Bertz CT molecular complexity index is 1010. The molecular formula is C17H16N6O3S3. The highest BCUT2D eigenvalue weighted by atomic mass is 32.2. The van der Waals surface area contributed by atoms with Crippen LogP contribution in [0.15, 0.2) is 40.1 Å². The molecule has 3 N–H and O–H groups in total. The number of β-lactam (4-membered cyclic amide) rings is 1. The average Bonchev–Trinajstić information content (AvgIpc) is 3.40. The van der Waals surface area contributed by atoms with Crippen LogP contribution < -0.4 is 11.1 Å². The molecule has 0 aromatic carbocycles. The minimum absolute atomic E-state index is 0.0174. The molecule has 29 heavy (non-hydrogen) atoms. The summed E-state index contributed by atoms with van der Waals surface area (Å²) in [7, 11) is 1.34. The minimum Gasteiger partial charge on any atom is -0.398 e. The number of amides is 2. The van der Waals surface area contributed by atoms with Crippen molar-refractivity contribution < 1.29 is 14.4 Å². The second-order valence-electron chi connectivity index (χ2n) is 6.03. The summed E-state index contributed by atoms with van der Waals surface area (Å²) in [6.45, 7) is 0. The van der Waals surface area contributed by atoms with Gasteiger partial charge in [0.15, 0.2) is 10.8 Å². The quantitative estimate of drug-likeness (QED) is 0.390. The van der Waals surface area contributed by atoms with Crippen molar-refractivity contribution in [2.75, 3.05) is 18.6 Å². The van der Waals surface area contributed by atoms with Gasteiger partial charge in [0, 0.05) is 28.4 Å². The molecule has 1 saturated heterocycles. The van der Waals surface area contributed by atoms with E-state index in [0.29, 0.717) is 10.8 Å². The van der Waals surface area contributed by atoms with Crippen molar-refractivity contribution in [3.63, 3.8) is 0 Å². The summed E-state index contributed by atoms with van der Waals surface area (Å²) in [6.07, 6.45) is 7.57. The first-order valence-electron chi connectivity index (χ1n) is 8.41. The van der Waals surface area contributed by atoms with Gasteiger partial charge in [-0.3, -0.25) is 14.6 Å². The van der Waals surface area contributed by atoms with E-state index in [-0.39, 0.29) is 17.0 Å². The first kappa shape index (κ1) is 19.6. The first-order chi connectivity index (χ1) is 14.1. The van der Waals surface area contributed by atoms with Crippen molar-refractivity contribution in [3.05, 3.63) is 45.5 Å². The predicted octanol–water partition coefficient (Wildman–Crippen LogP) is 1.53. The largest absolute Gasteiger partial charge is 0.398 e. The highest BCUT2D eigenvalue weighted by Crippen LogP contribution is 2.36. The van der Waals surface area contributed by atoms with E-state index in [9.17, 15) is 9.59 Å². The van der Waals surface area contributed by atoms with Gasteiger partial charge in [-0.1, -0.05) is 11.2 Å². The second kappa shape index (κ2) is 8.35. The molecule has 0 bridgehead atoms. The molecule has 9 nitrogen and oxygen atoms in total. The summed E-state index contributed by atoms with van der Waals surface area (Å²) in [4.78, 5) is 40.7. The number of nitrogen functional groups attached to an aromatic ring is 1. The van der Waals surface area contributed by atoms with Crippen LogP contribution in [0.1, 0.15) is 10.6 Å². The van der Waals surface area contributed by atoms with Gasteiger partial charge >= 0.3 is 0 Å². The number of aromatic nitrogens is 2. The molecule has 0 saturated carbocycles. The van der Waals surface area contributed by atoms with Crippen molar-refractivity contribution >= 4 is 63.2 Å². The molecule has 1 unspecified atom stereocenters. The van der Waals surface area contributed by atoms with Crippen LogP contribution in [0.4, 0.5) is 5.13 Å². The molecule has 2 aromatic rings. The molecule has 2 atom stereocenters. The SMILES string of the molecule is CON=C(C(=O)NC1C(=O)N2C=C(C=Cc3cncs3)CS[C@H]12)c1csc(N)n1. The maximum atomic E-state index is 12.7. The van der Waals surface area contributed by atoms with Crippen LogP contribution >= 0.6 is 34.4 Å². The van der Waals surface area contributed by atoms with Crippen LogP contribution in [0.3, 0.4) is 0 Å². The average molecular weight is 449 g/mol. The number of hydrogen-bond acceptors (Lipinski definition) is 10. The van der Waals surface area contributed by atoms with Crippen molar-refractivity contribution in [1.82, 2.24) is 20.2 Å². The van der Waals surface area contributed by atoms with Crippen molar-refractivity contribution in [2.24, 2.45) is 5.16 Å². The molecule has 12 heteroatoms. The van der Waals surface area contributed by atoms with E-state index >= 15 is 0 Å². The normalized spacial score (nSPS) is 21.6. The third kappa shape index (κ3) is 4.04. The zero-order valence-electron chi connectivity index (χ0n) is 15.1. The molecule has 0 spiro atoms. The number of oxime groups is 1. The van der Waals surface area contributed by atoms with Crippen LogP contribution in [-0.4, -0.2) is 56.7 Å². The first-order valence-corrected chi connectivity index (χ1v) is 11.2. The number of carbonyl (C=O) groups excluding carboxylic acids is 2. The van der Waals surface area contributed by atoms with Crippen LogP contribution in [0.5, 0.6) is 0 Å². The number of nitrogens with two attached hydrogens (primary N) is 1. The number of anilines is 1. The fourth-order valence-electron chi connectivity index (χ4n) is 2.82. The summed E-state index contributed by atoms with van der Waals surface area (Å²) in [5.41, 5.74) is 8.72. The fourth-order valence-corrected chi connectivity index (χ4v) is 5.12. The summed E-state index contributed by atoms with van der Waals surface area (Å²) in [5.74, 6) is 0.0296. The maximum absolute atomic E-state index is 12.7. The van der Waals surface area contributed by atoms with E-state index in [2.05, 4.69) is 20.4 Å². The molecule has 2 aliphatic heterocycles. The lowest BCUT2D eigenvalue weighted by Gasteiger charge is -2.47. The number of allylic oxidation sites excluding steroid dienone is 1. The van der Waals surface area contributed by atoms with Gasteiger partial charge in [-0.25, -0.2) is 4.98 Å². The van der Waals surface area contributed by atoms with E-state index in [4.69, 9.17) is 10.6 Å². The van der Waals surface area contributed by atoms with Gasteiger partial charge in [-0.2, -0.15) is 0 Å². The lowest BCUT2D eigenvalue weighted by atomic mass is 10.1. The van der Waals surface area contributed by atoms with Crippen molar-refractivity contribution in [1.29, 1.82) is 0 Å². The molecule has 0 aliphatic carbocycles. The van der Waals surface area contributed by atoms with Crippen LogP contribution in [0, 0.1) is 0 Å². The second-order valence-corrected chi connectivity index (χ2v) is 8.95. The Balaban J connectivity index is 1.42. The van der Waals surface area contributed by atoms with Crippen molar-refractivity contribution in [2.45, 2.75) is 11.4 Å². The summed E-state index contributed by atoms with van der Waals surface area (Å²) in [5, 5.41) is 8.25. The highest BCUT2D eigenvalue weighted by molar-refractivity contribution is 8.00. The van der Waals surface area contributed by atoms with Gasteiger partial charge < -0.3 is 20.8 Å². The Morgan fingerprint density at radius 2 is 2.31 bits per heavy atom. The van der Waals surface area contributed by atoms with E-state index in [1.165, 1.54) is 18.4 Å². The number of carbonyl (C=O) groups is 2. The predicted molar refractivity (Wildman–Crippen MR) is 114 cm³/mol. The van der Waals surface area contributed by atoms with Crippen LogP contribution in [0.2, 0.25) is 0 Å². The number of rotatable bonds is 6. The van der Waals surface area contributed by atoms with E-state index in [1.807, 2.05) is 18.4 Å². The summed E-state index contributed by atoms with van der Waals surface area (Å²) >= 11 is 4.33. The maximum Gasteiger partial charge on any atom is 0.276 e. The molecule has 4 rings (SSSR count). The molecule has 0 radical (unpaired) electrons. The van der Waals surface area contributed by atoms with Gasteiger partial charge in [0.25, 0.3) is 11.8 Å². The van der Waals surface area contributed by atoms with E-state index < -0.39 is 11.9 Å². The van der Waals surface area contributed by atoms with Gasteiger partial charge in [0.05, 0.1) is 5.51 Å². The van der Waals surface area contributed by atoms with Gasteiger partial charge in [-0.15, -0.1) is 34.4 Å². The van der Waals surface area contributed by atoms with Crippen molar-refractivity contribution in [3.8, 4) is 0 Å². The summed E-state index contributed by atoms with van der Waals surface area (Å²) in [6, 6.07) is -0.631. The monoisotopic (exact) mass is 448 g/mol. The third-order valence-electron chi connectivity index (χ3n) is 4.17. The fraction of sp³-hybridized carbons (Fsp3) is 0.235. The molecule has 2 aromatic heterocycles. The Morgan fingerprint density at radius 1 is 1.45 bits per heavy atom. The van der Waals surface area contributed by atoms with E-state index in [0.717, 1.165) is 16.2 Å². The van der Waals surface area contributed by atoms with Gasteiger partial charge in [-0.05, 0) is 11.6 Å². The molecular weight excluding hydrogens is 432 g/mol. The number of thiazole rings is 2. The Kier molecular flexibility index (Phi) is 5.65. The zero-order chi connectivity index (χ0) is 20.4. The topological polar surface area (TPSA) is 123 Å². The standard InChI is InChI=1S/C17H16N6O3S3/c1-26-22-12(11-7-28-17(18)20-11)14(24)21-13-15(25)23-5-9(6-27-16(13)23)2-3-10-4-19-8-29-10/h2-5,7-8,13,16H,6H2,1H3,(H2,18,20)(H,21,24)/t13?,16-/m1/s1. The number of thioether (sulfide) groups is 1. The molecule has 2 aliphatic rings. The number of hydrogen-bond donors (Lipinski definition) is 2. The molecule has 1 fully saturated rings. The summed E-state index contributed by atoms with van der Waals surface area (Å²) < 4.78 is 0. The van der Waals surface area contributed by atoms with Crippen LogP contribution in [-0.2, 0) is 14.4 Å². The molecule has 2 amide bonds. The lowest BCUT2D eigenvalue weighted by Crippen LogP contribution is -2.69. The number of nitrogens with zero attached hydrogens (tertiary/aromatic N) is 4. The third-order valence-corrected chi connectivity index (χ3v) is 6.92. The Morgan fingerprint density at radius 3 is 3.00 bits per heavy atom. The van der Waals surface area contributed by atoms with Gasteiger partial charge in [0.1, 0.15) is 24.2 Å². The Labute approximate surface area is 178 Å².